The highest BCUT2D eigenvalue weighted by molar-refractivity contribution is 7.86. The molecule has 0 amide bonds. The number of benzene rings is 8. The van der Waals surface area contributed by atoms with Gasteiger partial charge in [0.05, 0.1) is 29.1 Å². The normalized spacial score (nSPS) is 12.6. The van der Waals surface area contributed by atoms with Gasteiger partial charge in [-0.3, -0.25) is 13.7 Å². The van der Waals surface area contributed by atoms with Gasteiger partial charge in [0.25, 0.3) is 30.4 Å². The van der Waals surface area contributed by atoms with Crippen LogP contribution in [0.15, 0.2) is 179 Å². The average Bonchev–Trinajstić information content (AvgIpc) is 3.26. The quantitative estimate of drug-likeness (QED) is 0.0565. The Hall–Kier alpha value is -7.53. The van der Waals surface area contributed by atoms with Gasteiger partial charge in [-0.15, -0.1) is 25.6 Å². The van der Waals surface area contributed by atoms with Gasteiger partial charge in [0.15, 0.2) is 5.75 Å². The molecule has 8 rings (SSSR count). The van der Waals surface area contributed by atoms with Crippen molar-refractivity contribution in [3.8, 4) is 11.5 Å². The van der Waals surface area contributed by atoms with Crippen molar-refractivity contribution in [2.75, 3.05) is 12.4 Å². The first-order chi connectivity index (χ1) is 30.9. The molecule has 65 heavy (non-hydrogen) atoms. The number of para-hydroxylation sites is 1. The van der Waals surface area contributed by atoms with Gasteiger partial charge in [0, 0.05) is 39.0 Å². The Kier molecular flexibility index (Phi) is 11.7. The molecular formula is C44H33N7O11S3. The molecule has 5 N–H and O–H groups in total. The molecule has 0 aliphatic rings. The number of aromatic hydroxyl groups is 1. The summed E-state index contributed by atoms with van der Waals surface area (Å²) in [5.74, 6) is 0.00568. The molecule has 0 heterocycles. The van der Waals surface area contributed by atoms with E-state index in [1.165, 1.54) is 55.6 Å². The summed E-state index contributed by atoms with van der Waals surface area (Å²) in [6.07, 6.45) is 0. The highest BCUT2D eigenvalue weighted by Crippen LogP contribution is 2.42. The van der Waals surface area contributed by atoms with E-state index >= 15 is 0 Å². The molecule has 8 aromatic carbocycles. The van der Waals surface area contributed by atoms with E-state index in [0.717, 1.165) is 35.0 Å². The SMILES string of the molecule is COc1cc(N=Nc2cc3c(S(=O)(=O)O)cccc3cc2S(=O)(=O)O)c(C)cc1N=Nc1ccc(N=Nc2ccc3cc(Nc4ccccc4)ccc3c2O)c2cc(S(=O)(=O)O)ccc12. The van der Waals surface area contributed by atoms with E-state index in [9.17, 15) is 44.0 Å². The van der Waals surface area contributed by atoms with E-state index in [1.807, 2.05) is 42.5 Å². The van der Waals surface area contributed by atoms with Gasteiger partial charge in [0.1, 0.15) is 32.6 Å². The summed E-state index contributed by atoms with van der Waals surface area (Å²) < 4.78 is 108. The fourth-order valence-corrected chi connectivity index (χ4v) is 8.74. The molecule has 0 atom stereocenters. The molecule has 8 aromatic rings. The van der Waals surface area contributed by atoms with Crippen molar-refractivity contribution in [2.45, 2.75) is 21.6 Å². The molecule has 0 aliphatic carbocycles. The number of phenolic OH excluding ortho intramolecular Hbond substituents is 1. The minimum atomic E-state index is -4.89. The Morgan fingerprint density at radius 1 is 0.462 bits per heavy atom. The number of anilines is 2. The first-order valence-corrected chi connectivity index (χ1v) is 23.3. The van der Waals surface area contributed by atoms with Gasteiger partial charge in [-0.25, -0.2) is 0 Å². The predicted molar refractivity (Wildman–Crippen MR) is 243 cm³/mol. The number of fused-ring (bicyclic) bond motifs is 3. The van der Waals surface area contributed by atoms with Crippen LogP contribution >= 0.6 is 0 Å². The predicted octanol–water partition coefficient (Wildman–Crippen LogP) is 11.9. The van der Waals surface area contributed by atoms with Crippen LogP contribution in [0.5, 0.6) is 11.5 Å². The summed E-state index contributed by atoms with van der Waals surface area (Å²) in [4.78, 5) is -1.60. The van der Waals surface area contributed by atoms with Crippen molar-refractivity contribution in [1.29, 1.82) is 0 Å². The zero-order valence-electron chi connectivity index (χ0n) is 33.8. The summed E-state index contributed by atoms with van der Waals surface area (Å²) in [7, 11) is -12.9. The lowest BCUT2D eigenvalue weighted by Crippen LogP contribution is -2.01. The Morgan fingerprint density at radius 3 is 1.77 bits per heavy atom. The molecule has 0 unspecified atom stereocenters. The third kappa shape index (κ3) is 9.41. The Labute approximate surface area is 370 Å². The second-order valence-electron chi connectivity index (χ2n) is 14.3. The topological polar surface area (TPSA) is 279 Å². The molecule has 0 aromatic heterocycles. The number of methoxy groups -OCH3 is 1. The fourth-order valence-electron chi connectivity index (χ4n) is 6.89. The number of azo groups is 3. The Bertz CT molecular complexity index is 3680. The molecule has 0 bridgehead atoms. The van der Waals surface area contributed by atoms with Crippen molar-refractivity contribution in [3.05, 3.63) is 139 Å². The second kappa shape index (κ2) is 17.2. The minimum absolute atomic E-state index is 0.0740. The number of aryl methyl sites for hydroxylation is 1. The summed E-state index contributed by atoms with van der Waals surface area (Å²) in [6.45, 7) is 1.63. The third-order valence-electron chi connectivity index (χ3n) is 10.0. The first kappa shape index (κ1) is 44.1. The lowest BCUT2D eigenvalue weighted by atomic mass is 10.1. The van der Waals surface area contributed by atoms with Crippen LogP contribution in [0.4, 0.5) is 45.5 Å². The van der Waals surface area contributed by atoms with E-state index in [2.05, 4.69) is 36.0 Å². The zero-order valence-corrected chi connectivity index (χ0v) is 36.2. The summed E-state index contributed by atoms with van der Waals surface area (Å²) in [6, 6.07) is 34.1. The molecule has 0 saturated carbocycles. The van der Waals surface area contributed by atoms with Gasteiger partial charge >= 0.3 is 0 Å². The maximum absolute atomic E-state index is 12.3. The molecule has 0 saturated heterocycles. The largest absolute Gasteiger partial charge is 0.505 e. The highest BCUT2D eigenvalue weighted by atomic mass is 32.2. The fraction of sp³-hybridized carbons (Fsp3) is 0.0455. The van der Waals surface area contributed by atoms with E-state index in [1.54, 1.807) is 31.2 Å². The molecule has 18 nitrogen and oxygen atoms in total. The lowest BCUT2D eigenvalue weighted by Gasteiger charge is -2.10. The second-order valence-corrected chi connectivity index (χ2v) is 18.5. The molecular weight excluding hydrogens is 899 g/mol. The van der Waals surface area contributed by atoms with E-state index in [0.29, 0.717) is 16.3 Å². The highest BCUT2D eigenvalue weighted by Gasteiger charge is 2.22. The van der Waals surface area contributed by atoms with Crippen molar-refractivity contribution >= 4 is 108 Å². The summed E-state index contributed by atoms with van der Waals surface area (Å²) in [5.41, 5.74) is 2.63. The number of hydrogen-bond acceptors (Lipinski definition) is 15. The van der Waals surface area contributed by atoms with Crippen molar-refractivity contribution in [2.24, 2.45) is 30.7 Å². The van der Waals surface area contributed by atoms with Gasteiger partial charge in [0.2, 0.25) is 0 Å². The van der Waals surface area contributed by atoms with Crippen LogP contribution in [0.3, 0.4) is 0 Å². The average molecular weight is 932 g/mol. The van der Waals surface area contributed by atoms with Crippen LogP contribution in [0.1, 0.15) is 5.56 Å². The van der Waals surface area contributed by atoms with Gasteiger partial charge in [-0.1, -0.05) is 42.5 Å². The molecule has 0 spiro atoms. The van der Waals surface area contributed by atoms with Crippen molar-refractivity contribution < 1.29 is 48.8 Å². The standard InChI is InChI=1S/C44H33N7O11S3/c1-25-19-39(41(62-2)24-38(25)49-51-40-23-33-26(21-43(40)65(59,60)61)7-6-10-42(33)64(56,57)58)50-46-35-17-18-36(34-22-30(63(53,54)55)13-15-32(34)35)47-48-37-16-11-27-20-29(12-14-31(27)44(37)52)45-28-8-4-3-5-9-28/h3-24,45,52H,1-2H3,(H,53,54,55)(H,56,57,58)(H,59,60,61). The number of ether oxygens (including phenoxy) is 1. The van der Waals surface area contributed by atoms with Crippen molar-refractivity contribution in [1.82, 2.24) is 0 Å². The molecule has 0 fully saturated rings. The van der Waals surface area contributed by atoms with Crippen molar-refractivity contribution in [3.63, 3.8) is 0 Å². The molecule has 0 aliphatic heterocycles. The number of nitrogens with zero attached hydrogens (tertiary/aromatic N) is 6. The van der Waals surface area contributed by atoms with Gasteiger partial charge in [-0.05, 0) is 108 Å². The van der Waals surface area contributed by atoms with E-state index in [-0.39, 0.29) is 56.1 Å². The Morgan fingerprint density at radius 2 is 1.08 bits per heavy atom. The van der Waals surface area contributed by atoms with Crippen LogP contribution in [-0.4, -0.2) is 51.1 Å². The van der Waals surface area contributed by atoms with Crippen LogP contribution < -0.4 is 10.1 Å². The Balaban J connectivity index is 1.12. The number of phenols is 1. The number of nitrogens with one attached hydrogen (secondary N) is 1. The maximum Gasteiger partial charge on any atom is 0.296 e. The molecule has 0 radical (unpaired) electrons. The third-order valence-corrected chi connectivity index (χ3v) is 12.7. The van der Waals surface area contributed by atoms with Crippen LogP contribution in [0, 0.1) is 6.92 Å². The summed E-state index contributed by atoms with van der Waals surface area (Å²) >= 11 is 0. The lowest BCUT2D eigenvalue weighted by molar-refractivity contribution is 0.416. The first-order valence-electron chi connectivity index (χ1n) is 18.9. The monoisotopic (exact) mass is 931 g/mol. The molecule has 21 heteroatoms. The number of hydrogen-bond donors (Lipinski definition) is 5. The maximum atomic E-state index is 12.3. The zero-order chi connectivity index (χ0) is 46.3. The minimum Gasteiger partial charge on any atom is -0.505 e. The number of rotatable bonds is 12. The summed E-state index contributed by atoms with van der Waals surface area (Å²) in [5, 5.41) is 41.9. The van der Waals surface area contributed by atoms with E-state index < -0.39 is 50.7 Å². The van der Waals surface area contributed by atoms with Gasteiger partial charge < -0.3 is 15.2 Å². The smallest absolute Gasteiger partial charge is 0.296 e. The van der Waals surface area contributed by atoms with Crippen LogP contribution in [-0.2, 0) is 30.4 Å². The van der Waals surface area contributed by atoms with Crippen LogP contribution in [0.2, 0.25) is 0 Å². The van der Waals surface area contributed by atoms with Gasteiger partial charge in [-0.2, -0.15) is 30.4 Å². The van der Waals surface area contributed by atoms with E-state index in [4.69, 9.17) is 4.74 Å². The molecule has 328 valence electrons. The van der Waals surface area contributed by atoms with Crippen LogP contribution in [0.25, 0.3) is 32.3 Å².